The zero-order valence-corrected chi connectivity index (χ0v) is 13.0. The molecule has 0 saturated carbocycles. The third-order valence-electron chi connectivity index (χ3n) is 2.78. The highest BCUT2D eigenvalue weighted by Gasteiger charge is 2.17. The minimum atomic E-state index is 0.0393. The molecule has 3 N–H and O–H groups in total. The molecule has 1 aromatic heterocycles. The van der Waals surface area contributed by atoms with E-state index >= 15 is 0 Å². The third kappa shape index (κ3) is 5.65. The van der Waals surface area contributed by atoms with Gasteiger partial charge in [0.15, 0.2) is 5.16 Å². The van der Waals surface area contributed by atoms with E-state index in [4.69, 9.17) is 5.11 Å². The van der Waals surface area contributed by atoms with Crippen LogP contribution in [0.15, 0.2) is 11.2 Å². The molecule has 0 aliphatic carbocycles. The Morgan fingerprint density at radius 3 is 2.42 bits per heavy atom. The summed E-state index contributed by atoms with van der Waals surface area (Å²) in [5.41, 5.74) is 0.0393. The van der Waals surface area contributed by atoms with Crippen molar-refractivity contribution in [2.45, 2.75) is 32.3 Å². The first-order valence-electron chi connectivity index (χ1n) is 6.52. The van der Waals surface area contributed by atoms with Crippen molar-refractivity contribution in [2.24, 2.45) is 5.41 Å². The molecule has 0 fully saturated rings. The largest absolute Gasteiger partial charge is 0.396 e. The van der Waals surface area contributed by atoms with Gasteiger partial charge in [0.2, 0.25) is 0 Å². The zero-order valence-electron chi connectivity index (χ0n) is 12.2. The van der Waals surface area contributed by atoms with Crippen LogP contribution in [0.1, 0.15) is 27.2 Å². The maximum absolute atomic E-state index is 9.03. The predicted octanol–water partition coefficient (Wildman–Crippen LogP) is 2.45. The number of aliphatic hydroxyl groups is 1. The van der Waals surface area contributed by atoms with Crippen molar-refractivity contribution in [3.8, 4) is 0 Å². The van der Waals surface area contributed by atoms with Crippen LogP contribution >= 0.6 is 11.8 Å². The Kier molecular flexibility index (Phi) is 6.37. The SMILES string of the molecule is CCNc1cc(NCC(C)(C)CCO)nc(SC)n1. The van der Waals surface area contributed by atoms with Gasteiger partial charge in [-0.05, 0) is 25.0 Å². The Hall–Kier alpha value is -1.01. The summed E-state index contributed by atoms with van der Waals surface area (Å²) in [6, 6.07) is 1.91. The standard InChI is InChI=1S/C13H24N4OS/c1-5-14-10-8-11(17-12(16-10)19-4)15-9-13(2,3)6-7-18/h8,18H,5-7,9H2,1-4H3,(H2,14,15,16,17). The van der Waals surface area contributed by atoms with Gasteiger partial charge >= 0.3 is 0 Å². The summed E-state index contributed by atoms with van der Waals surface area (Å²) in [7, 11) is 0. The van der Waals surface area contributed by atoms with Gasteiger partial charge in [0, 0.05) is 25.8 Å². The molecule has 1 heterocycles. The smallest absolute Gasteiger partial charge is 0.191 e. The lowest BCUT2D eigenvalue weighted by Gasteiger charge is -2.24. The summed E-state index contributed by atoms with van der Waals surface area (Å²) < 4.78 is 0. The van der Waals surface area contributed by atoms with Gasteiger partial charge in [0.05, 0.1) is 0 Å². The fourth-order valence-corrected chi connectivity index (χ4v) is 1.98. The minimum Gasteiger partial charge on any atom is -0.396 e. The summed E-state index contributed by atoms with van der Waals surface area (Å²) in [6.45, 7) is 8.09. The van der Waals surface area contributed by atoms with Crippen molar-refractivity contribution < 1.29 is 5.11 Å². The second-order valence-corrected chi connectivity index (χ2v) is 5.92. The molecule has 0 atom stereocenters. The molecule has 0 aromatic carbocycles. The fraction of sp³-hybridized carbons (Fsp3) is 0.692. The van der Waals surface area contributed by atoms with E-state index < -0.39 is 0 Å². The van der Waals surface area contributed by atoms with Crippen LogP contribution < -0.4 is 10.6 Å². The number of thioether (sulfide) groups is 1. The fourth-order valence-electron chi connectivity index (χ4n) is 1.60. The Labute approximate surface area is 119 Å². The van der Waals surface area contributed by atoms with Gasteiger partial charge in [0.25, 0.3) is 0 Å². The Balaban J connectivity index is 2.74. The zero-order chi connectivity index (χ0) is 14.3. The minimum absolute atomic E-state index is 0.0393. The van der Waals surface area contributed by atoms with Gasteiger partial charge in [-0.25, -0.2) is 9.97 Å². The normalized spacial score (nSPS) is 11.4. The molecule has 108 valence electrons. The monoisotopic (exact) mass is 284 g/mol. The van der Waals surface area contributed by atoms with E-state index in [2.05, 4.69) is 34.4 Å². The van der Waals surface area contributed by atoms with Gasteiger partial charge < -0.3 is 15.7 Å². The first-order valence-corrected chi connectivity index (χ1v) is 7.75. The van der Waals surface area contributed by atoms with E-state index in [1.165, 1.54) is 11.8 Å². The van der Waals surface area contributed by atoms with Crippen molar-refractivity contribution in [3.05, 3.63) is 6.07 Å². The second kappa shape index (κ2) is 7.55. The molecule has 0 aliphatic rings. The van der Waals surface area contributed by atoms with Crippen molar-refractivity contribution in [1.29, 1.82) is 0 Å². The highest BCUT2D eigenvalue weighted by molar-refractivity contribution is 7.98. The molecule has 0 aliphatic heterocycles. The molecule has 19 heavy (non-hydrogen) atoms. The predicted molar refractivity (Wildman–Crippen MR) is 82.0 cm³/mol. The summed E-state index contributed by atoms with van der Waals surface area (Å²) >= 11 is 1.52. The number of nitrogens with one attached hydrogen (secondary N) is 2. The van der Waals surface area contributed by atoms with Crippen LogP contribution in [0, 0.1) is 5.41 Å². The Morgan fingerprint density at radius 1 is 1.26 bits per heavy atom. The molecular weight excluding hydrogens is 260 g/mol. The molecule has 0 radical (unpaired) electrons. The lowest BCUT2D eigenvalue weighted by molar-refractivity contribution is 0.220. The number of hydrogen-bond donors (Lipinski definition) is 3. The van der Waals surface area contributed by atoms with Crippen LogP contribution in [-0.4, -0.2) is 41.0 Å². The summed E-state index contributed by atoms with van der Waals surface area (Å²) in [6.07, 6.45) is 2.73. The second-order valence-electron chi connectivity index (χ2n) is 5.15. The molecule has 6 heteroatoms. The van der Waals surface area contributed by atoms with Crippen LogP contribution in [0.2, 0.25) is 0 Å². The molecule has 0 saturated heterocycles. The van der Waals surface area contributed by atoms with Crippen molar-refractivity contribution >= 4 is 23.4 Å². The maximum atomic E-state index is 9.03. The Bertz CT molecular complexity index is 398. The molecule has 0 amide bonds. The van der Waals surface area contributed by atoms with Crippen LogP contribution in [0.25, 0.3) is 0 Å². The topological polar surface area (TPSA) is 70.1 Å². The number of nitrogens with zero attached hydrogens (tertiary/aromatic N) is 2. The number of aliphatic hydroxyl groups excluding tert-OH is 1. The van der Waals surface area contributed by atoms with E-state index in [0.717, 1.165) is 36.3 Å². The van der Waals surface area contributed by atoms with Crippen molar-refractivity contribution in [2.75, 3.05) is 36.6 Å². The molecule has 1 aromatic rings. The van der Waals surface area contributed by atoms with Crippen LogP contribution in [0.4, 0.5) is 11.6 Å². The lowest BCUT2D eigenvalue weighted by atomic mass is 9.90. The summed E-state index contributed by atoms with van der Waals surface area (Å²) in [5.74, 6) is 1.66. The molecule has 5 nitrogen and oxygen atoms in total. The van der Waals surface area contributed by atoms with Gasteiger partial charge in [-0.1, -0.05) is 25.6 Å². The molecule has 0 spiro atoms. The van der Waals surface area contributed by atoms with Gasteiger partial charge in [0.1, 0.15) is 11.6 Å². The van der Waals surface area contributed by atoms with Gasteiger partial charge in [-0.2, -0.15) is 0 Å². The highest BCUT2D eigenvalue weighted by atomic mass is 32.2. The highest BCUT2D eigenvalue weighted by Crippen LogP contribution is 2.22. The average molecular weight is 284 g/mol. The van der Waals surface area contributed by atoms with Crippen LogP contribution in [0.5, 0.6) is 0 Å². The molecule has 0 unspecified atom stereocenters. The molecule has 1 rings (SSSR count). The number of rotatable bonds is 8. The van der Waals surface area contributed by atoms with Crippen LogP contribution in [0.3, 0.4) is 0 Å². The van der Waals surface area contributed by atoms with Gasteiger partial charge in [-0.3, -0.25) is 0 Å². The quantitative estimate of drug-likeness (QED) is 0.503. The summed E-state index contributed by atoms with van der Waals surface area (Å²) in [5, 5.41) is 16.3. The third-order valence-corrected chi connectivity index (χ3v) is 3.33. The number of hydrogen-bond acceptors (Lipinski definition) is 6. The van der Waals surface area contributed by atoms with Crippen molar-refractivity contribution in [1.82, 2.24) is 9.97 Å². The van der Waals surface area contributed by atoms with E-state index in [1.54, 1.807) is 0 Å². The first-order chi connectivity index (χ1) is 9.00. The Morgan fingerprint density at radius 2 is 1.89 bits per heavy atom. The van der Waals surface area contributed by atoms with E-state index in [9.17, 15) is 0 Å². The van der Waals surface area contributed by atoms with Gasteiger partial charge in [-0.15, -0.1) is 0 Å². The number of aromatic nitrogens is 2. The van der Waals surface area contributed by atoms with E-state index in [0.29, 0.717) is 0 Å². The first kappa shape index (κ1) is 16.0. The maximum Gasteiger partial charge on any atom is 0.191 e. The average Bonchev–Trinajstić information content (AvgIpc) is 2.36. The summed E-state index contributed by atoms with van der Waals surface area (Å²) in [4.78, 5) is 8.82. The molecular formula is C13H24N4OS. The number of anilines is 2. The van der Waals surface area contributed by atoms with E-state index in [-0.39, 0.29) is 12.0 Å². The molecule has 0 bridgehead atoms. The van der Waals surface area contributed by atoms with Crippen LogP contribution in [-0.2, 0) is 0 Å². The van der Waals surface area contributed by atoms with E-state index in [1.807, 2.05) is 19.2 Å². The van der Waals surface area contributed by atoms with Crippen molar-refractivity contribution in [3.63, 3.8) is 0 Å². The lowest BCUT2D eigenvalue weighted by Crippen LogP contribution is -2.24.